The van der Waals surface area contributed by atoms with Crippen molar-refractivity contribution in [1.29, 1.82) is 0 Å². The molecule has 2 aromatic carbocycles. The number of alkyl halides is 3. The fourth-order valence-electron chi connectivity index (χ4n) is 4.16. The summed E-state index contributed by atoms with van der Waals surface area (Å²) in [7, 11) is -4.62. The van der Waals surface area contributed by atoms with E-state index in [1.54, 1.807) is 24.3 Å². The molecule has 0 saturated heterocycles. The molecule has 176 valence electrons. The Balaban J connectivity index is 1.78. The molecule has 2 unspecified atom stereocenters. The normalized spacial score (nSPS) is 21.9. The van der Waals surface area contributed by atoms with Gasteiger partial charge in [0.05, 0.1) is 18.8 Å². The van der Waals surface area contributed by atoms with Gasteiger partial charge in [0.1, 0.15) is 10.7 Å². The summed E-state index contributed by atoms with van der Waals surface area (Å²) >= 11 is 0. The van der Waals surface area contributed by atoms with Gasteiger partial charge in [0.2, 0.25) is 10.0 Å². The van der Waals surface area contributed by atoms with Crippen LogP contribution in [0.15, 0.2) is 71.7 Å². The van der Waals surface area contributed by atoms with Crippen molar-refractivity contribution < 1.29 is 30.7 Å². The third-order valence-corrected chi connectivity index (χ3v) is 7.82. The first-order chi connectivity index (χ1) is 15.7. The highest BCUT2D eigenvalue weighted by Gasteiger charge is 2.38. The van der Waals surface area contributed by atoms with Crippen LogP contribution in [0, 0.1) is 11.7 Å². The molecule has 2 aromatic rings. The minimum atomic E-state index is -4.80. The molecule has 2 aliphatic rings. The summed E-state index contributed by atoms with van der Waals surface area (Å²) in [5.41, 5.74) is 0.224. The van der Waals surface area contributed by atoms with E-state index in [0.29, 0.717) is 43.2 Å². The molecule has 0 fully saturated rings. The summed E-state index contributed by atoms with van der Waals surface area (Å²) in [4.78, 5) is -0.987. The second kappa shape index (κ2) is 9.40. The third-order valence-electron chi connectivity index (χ3n) is 5.91. The van der Waals surface area contributed by atoms with E-state index < -0.39 is 38.5 Å². The van der Waals surface area contributed by atoms with Crippen molar-refractivity contribution in [2.45, 2.75) is 43.1 Å². The minimum absolute atomic E-state index is 0.0299. The van der Waals surface area contributed by atoms with E-state index in [9.17, 15) is 26.0 Å². The molecule has 0 spiro atoms. The highest BCUT2D eigenvalue weighted by atomic mass is 32.2. The largest absolute Gasteiger partial charge is 0.416 e. The number of nitrogens with zero attached hydrogens (tertiary/aromatic N) is 1. The molecule has 0 radical (unpaired) electrons. The van der Waals surface area contributed by atoms with Gasteiger partial charge in [-0.2, -0.15) is 17.5 Å². The van der Waals surface area contributed by atoms with Gasteiger partial charge in [0, 0.05) is 12.6 Å². The van der Waals surface area contributed by atoms with Gasteiger partial charge in [-0.25, -0.2) is 12.8 Å². The Hall–Kier alpha value is -2.49. The molecule has 0 aromatic heterocycles. The lowest BCUT2D eigenvalue weighted by atomic mass is 9.93. The first-order valence-electron chi connectivity index (χ1n) is 10.5. The zero-order chi connectivity index (χ0) is 23.6. The first-order valence-corrected chi connectivity index (χ1v) is 12.0. The van der Waals surface area contributed by atoms with Crippen LogP contribution >= 0.6 is 0 Å². The van der Waals surface area contributed by atoms with Gasteiger partial charge in [-0.1, -0.05) is 48.6 Å². The van der Waals surface area contributed by atoms with E-state index in [2.05, 4.69) is 0 Å². The topological polar surface area (TPSA) is 46.6 Å². The van der Waals surface area contributed by atoms with Crippen molar-refractivity contribution in [3.63, 3.8) is 0 Å². The number of halogens is 4. The monoisotopic (exact) mass is 481 g/mol. The molecule has 33 heavy (non-hydrogen) atoms. The lowest BCUT2D eigenvalue weighted by Crippen LogP contribution is -2.45. The smallest absolute Gasteiger partial charge is 0.375 e. The molecule has 4 nitrogen and oxygen atoms in total. The van der Waals surface area contributed by atoms with Gasteiger partial charge < -0.3 is 4.74 Å². The van der Waals surface area contributed by atoms with Crippen molar-refractivity contribution in [2.24, 2.45) is 5.92 Å². The lowest BCUT2D eigenvalue weighted by Gasteiger charge is -2.35. The summed E-state index contributed by atoms with van der Waals surface area (Å²) in [6.07, 6.45) is 3.99. The second-order valence-electron chi connectivity index (χ2n) is 8.18. The molecular formula is C24H23F4NO3S. The Bertz CT molecular complexity index is 1170. The van der Waals surface area contributed by atoms with Crippen LogP contribution in [0.25, 0.3) is 0 Å². The van der Waals surface area contributed by atoms with Crippen molar-refractivity contribution in [3.8, 4) is 0 Å². The fraction of sp³-hybridized carbons (Fsp3) is 0.333. The minimum Gasteiger partial charge on any atom is -0.375 e. The number of sulfonamides is 1. The van der Waals surface area contributed by atoms with E-state index in [0.717, 1.165) is 9.87 Å². The van der Waals surface area contributed by atoms with Crippen LogP contribution in [0.2, 0.25) is 0 Å². The average Bonchev–Trinajstić information content (AvgIpc) is 2.76. The quantitative estimate of drug-likeness (QED) is 0.545. The molecule has 0 N–H and O–H groups in total. The summed E-state index contributed by atoms with van der Waals surface area (Å²) in [5.74, 6) is -1.19. The third kappa shape index (κ3) is 5.20. The predicted octanol–water partition coefficient (Wildman–Crippen LogP) is 5.46. The number of fused-ring (bicyclic) bond motifs is 1. The second-order valence-corrected chi connectivity index (χ2v) is 10.0. The maximum Gasteiger partial charge on any atom is 0.416 e. The van der Waals surface area contributed by atoms with E-state index in [1.165, 1.54) is 0 Å². The highest BCUT2D eigenvalue weighted by Crippen LogP contribution is 2.35. The average molecular weight is 482 g/mol. The SMILES string of the molecule is O=S(=O)(c1cc(C(F)(F)F)ccc1F)N1Cc2ccccc2COCC1CC1C=CC=CC1. The Morgan fingerprint density at radius 2 is 1.82 bits per heavy atom. The Kier molecular flexibility index (Phi) is 6.74. The van der Waals surface area contributed by atoms with E-state index in [4.69, 9.17) is 4.74 Å². The zero-order valence-corrected chi connectivity index (χ0v) is 18.4. The van der Waals surface area contributed by atoms with Crippen LogP contribution in [0.3, 0.4) is 0 Å². The maximum atomic E-state index is 14.6. The molecule has 1 aliphatic heterocycles. The number of hydrogen-bond acceptors (Lipinski definition) is 3. The van der Waals surface area contributed by atoms with Gasteiger partial charge >= 0.3 is 6.18 Å². The predicted molar refractivity (Wildman–Crippen MR) is 115 cm³/mol. The number of ether oxygens (including phenoxy) is 1. The van der Waals surface area contributed by atoms with Crippen LogP contribution in [0.5, 0.6) is 0 Å². The van der Waals surface area contributed by atoms with Crippen LogP contribution < -0.4 is 0 Å². The number of allylic oxidation sites excluding steroid dienone is 4. The maximum absolute atomic E-state index is 14.6. The number of hydrogen-bond donors (Lipinski definition) is 0. The highest BCUT2D eigenvalue weighted by molar-refractivity contribution is 7.89. The van der Waals surface area contributed by atoms with E-state index in [1.807, 2.05) is 24.3 Å². The first kappa shape index (κ1) is 23.7. The van der Waals surface area contributed by atoms with Crippen molar-refractivity contribution in [2.75, 3.05) is 6.61 Å². The molecule has 1 heterocycles. The Labute approximate surface area is 190 Å². The van der Waals surface area contributed by atoms with Crippen LogP contribution in [-0.4, -0.2) is 25.4 Å². The van der Waals surface area contributed by atoms with Crippen LogP contribution in [0.1, 0.15) is 29.5 Å². The van der Waals surface area contributed by atoms with Crippen LogP contribution in [-0.2, 0) is 34.1 Å². The number of benzene rings is 2. The Morgan fingerprint density at radius 1 is 1.06 bits per heavy atom. The molecule has 4 rings (SSSR count). The van der Waals surface area contributed by atoms with E-state index >= 15 is 0 Å². The van der Waals surface area contributed by atoms with Gasteiger partial charge in [0.15, 0.2) is 0 Å². The molecule has 0 saturated carbocycles. The van der Waals surface area contributed by atoms with Gasteiger partial charge in [-0.05, 0) is 48.1 Å². The van der Waals surface area contributed by atoms with E-state index in [-0.39, 0.29) is 19.1 Å². The van der Waals surface area contributed by atoms with Crippen molar-refractivity contribution in [3.05, 3.63) is 89.3 Å². The summed E-state index contributed by atoms with van der Waals surface area (Å²) < 4.78 is 88.6. The van der Waals surface area contributed by atoms with Crippen LogP contribution in [0.4, 0.5) is 17.6 Å². The lowest BCUT2D eigenvalue weighted by molar-refractivity contribution is -0.137. The molecule has 2 atom stereocenters. The molecule has 0 amide bonds. The van der Waals surface area contributed by atoms with Gasteiger partial charge in [0.25, 0.3) is 0 Å². The standard InChI is InChI=1S/C24H23F4NO3S/c25-22-11-10-20(24(26,27)28)13-23(22)33(30,31)29-14-18-8-4-5-9-19(18)15-32-16-21(29)12-17-6-2-1-3-7-17/h1-6,8-11,13,17,21H,7,12,14-16H2. The fourth-order valence-corrected chi connectivity index (χ4v) is 5.86. The summed E-state index contributed by atoms with van der Waals surface area (Å²) in [6.45, 7) is 0.246. The molecular weight excluding hydrogens is 458 g/mol. The zero-order valence-electron chi connectivity index (χ0n) is 17.6. The molecule has 0 bridgehead atoms. The summed E-state index contributed by atoms with van der Waals surface area (Å²) in [6, 6.07) is 7.88. The van der Waals surface area contributed by atoms with Gasteiger partial charge in [-0.15, -0.1) is 0 Å². The Morgan fingerprint density at radius 3 is 2.52 bits per heavy atom. The summed E-state index contributed by atoms with van der Waals surface area (Å²) in [5, 5.41) is 0. The molecule has 1 aliphatic carbocycles. The van der Waals surface area contributed by atoms with Gasteiger partial charge in [-0.3, -0.25) is 0 Å². The number of rotatable bonds is 4. The van der Waals surface area contributed by atoms with Crippen molar-refractivity contribution >= 4 is 10.0 Å². The van der Waals surface area contributed by atoms with Crippen molar-refractivity contribution in [1.82, 2.24) is 4.31 Å². The molecule has 9 heteroatoms.